The molecule has 2 saturated heterocycles. The van der Waals surface area contributed by atoms with E-state index in [1.165, 1.54) is 4.88 Å². The van der Waals surface area contributed by atoms with Gasteiger partial charge in [0.1, 0.15) is 0 Å². The summed E-state index contributed by atoms with van der Waals surface area (Å²) in [6.45, 7) is 7.95. The molecule has 0 bridgehead atoms. The monoisotopic (exact) mass is 322 g/mol. The van der Waals surface area contributed by atoms with Gasteiger partial charge in [-0.05, 0) is 42.2 Å². The number of nitrogens with one attached hydrogen (secondary N) is 1. The second kappa shape index (κ2) is 7.57. The van der Waals surface area contributed by atoms with Crippen molar-refractivity contribution in [1.29, 1.82) is 0 Å². The van der Waals surface area contributed by atoms with Crippen LogP contribution in [-0.2, 0) is 16.0 Å². The smallest absolute Gasteiger partial charge is 0.220 e. The lowest BCUT2D eigenvalue weighted by molar-refractivity contribution is -0.124. The molecule has 0 saturated carbocycles. The fraction of sp³-hybridized carbons (Fsp3) is 0.706. The highest BCUT2D eigenvalue weighted by Crippen LogP contribution is 2.35. The van der Waals surface area contributed by atoms with E-state index in [2.05, 4.69) is 34.7 Å². The zero-order chi connectivity index (χ0) is 15.4. The Morgan fingerprint density at radius 2 is 2.36 bits per heavy atom. The summed E-state index contributed by atoms with van der Waals surface area (Å²) in [5.74, 6) is 1.83. The number of hydrogen-bond acceptors (Lipinski definition) is 4. The third-order valence-corrected chi connectivity index (χ3v) is 5.94. The molecule has 0 spiro atoms. The van der Waals surface area contributed by atoms with Crippen LogP contribution in [0.15, 0.2) is 17.5 Å². The van der Waals surface area contributed by atoms with E-state index in [-0.39, 0.29) is 5.91 Å². The number of ether oxygens (including phenoxy) is 1. The van der Waals surface area contributed by atoms with Gasteiger partial charge in [-0.15, -0.1) is 11.3 Å². The van der Waals surface area contributed by atoms with Gasteiger partial charge >= 0.3 is 0 Å². The van der Waals surface area contributed by atoms with Crippen molar-refractivity contribution in [3.05, 3.63) is 22.4 Å². The Bertz CT molecular complexity index is 477. The zero-order valence-corrected chi connectivity index (χ0v) is 14.1. The number of thiophene rings is 1. The van der Waals surface area contributed by atoms with E-state index in [1.54, 1.807) is 11.3 Å². The molecule has 1 aromatic rings. The van der Waals surface area contributed by atoms with E-state index in [1.807, 2.05) is 0 Å². The molecule has 3 rings (SSSR count). The maximum Gasteiger partial charge on any atom is 0.220 e. The lowest BCUT2D eigenvalue weighted by Gasteiger charge is -2.32. The van der Waals surface area contributed by atoms with Gasteiger partial charge in [0.05, 0.1) is 13.2 Å². The highest BCUT2D eigenvalue weighted by Gasteiger charge is 2.40. The highest BCUT2D eigenvalue weighted by atomic mass is 32.1. The molecule has 22 heavy (non-hydrogen) atoms. The average molecular weight is 322 g/mol. The highest BCUT2D eigenvalue weighted by molar-refractivity contribution is 7.09. The van der Waals surface area contributed by atoms with E-state index in [4.69, 9.17) is 4.74 Å². The Hall–Kier alpha value is -0.910. The molecule has 2 aliphatic heterocycles. The lowest BCUT2D eigenvalue weighted by atomic mass is 9.81. The standard InChI is InChI=1S/C17H26N2O2S/c1-2-19-9-14-12-21-11-13(16(14)10-19)8-17(20)18-6-5-15-4-3-7-22-15/h3-4,7,13-14,16H,2,5-6,8-12H2,1H3,(H,18,20)/t13-,14-,16+/m1/s1. The third kappa shape index (κ3) is 3.89. The molecule has 1 N–H and O–H groups in total. The molecular weight excluding hydrogens is 296 g/mol. The molecule has 2 fully saturated rings. The Balaban J connectivity index is 1.44. The minimum absolute atomic E-state index is 0.181. The molecular formula is C17H26N2O2S. The SMILES string of the molecule is CCN1C[C@@H]2COC[C@@H](CC(=O)NCCc3cccs3)[C@@H]2C1. The molecule has 1 aromatic heterocycles. The van der Waals surface area contributed by atoms with Crippen LogP contribution in [0.2, 0.25) is 0 Å². The van der Waals surface area contributed by atoms with E-state index in [9.17, 15) is 4.79 Å². The minimum atomic E-state index is 0.181. The Kier molecular flexibility index (Phi) is 5.50. The maximum absolute atomic E-state index is 12.2. The number of carbonyl (C=O) groups is 1. The van der Waals surface area contributed by atoms with Crippen molar-refractivity contribution < 1.29 is 9.53 Å². The van der Waals surface area contributed by atoms with Crippen molar-refractivity contribution in [2.45, 2.75) is 19.8 Å². The number of hydrogen-bond donors (Lipinski definition) is 1. The number of carbonyl (C=O) groups excluding carboxylic acids is 1. The summed E-state index contributed by atoms with van der Waals surface area (Å²) in [6, 6.07) is 4.18. The zero-order valence-electron chi connectivity index (χ0n) is 13.3. The van der Waals surface area contributed by atoms with Crippen LogP contribution < -0.4 is 5.32 Å². The fourth-order valence-electron chi connectivity index (χ4n) is 3.75. The van der Waals surface area contributed by atoms with Gasteiger partial charge in [-0.2, -0.15) is 0 Å². The molecule has 0 radical (unpaired) electrons. The minimum Gasteiger partial charge on any atom is -0.381 e. The molecule has 3 heterocycles. The fourth-order valence-corrected chi connectivity index (χ4v) is 4.46. The van der Waals surface area contributed by atoms with Gasteiger partial charge in [0.2, 0.25) is 5.91 Å². The number of fused-ring (bicyclic) bond motifs is 1. The van der Waals surface area contributed by atoms with Crippen LogP contribution in [0, 0.1) is 17.8 Å². The first kappa shape index (κ1) is 16.0. The van der Waals surface area contributed by atoms with Gasteiger partial charge in [-0.3, -0.25) is 4.79 Å². The average Bonchev–Trinajstić information content (AvgIpc) is 3.16. The van der Waals surface area contributed by atoms with Crippen LogP contribution in [0.1, 0.15) is 18.2 Å². The Morgan fingerprint density at radius 3 is 3.14 bits per heavy atom. The maximum atomic E-state index is 12.2. The first-order valence-corrected chi connectivity index (χ1v) is 9.23. The van der Waals surface area contributed by atoms with E-state index < -0.39 is 0 Å². The predicted molar refractivity (Wildman–Crippen MR) is 89.1 cm³/mol. The van der Waals surface area contributed by atoms with Gasteiger partial charge in [0.25, 0.3) is 0 Å². The van der Waals surface area contributed by atoms with Gasteiger partial charge < -0.3 is 15.0 Å². The van der Waals surface area contributed by atoms with Crippen molar-refractivity contribution in [3.8, 4) is 0 Å². The quantitative estimate of drug-likeness (QED) is 0.871. The van der Waals surface area contributed by atoms with Crippen molar-refractivity contribution in [3.63, 3.8) is 0 Å². The molecule has 0 aliphatic carbocycles. The van der Waals surface area contributed by atoms with E-state index >= 15 is 0 Å². The van der Waals surface area contributed by atoms with Crippen LogP contribution in [0.4, 0.5) is 0 Å². The van der Waals surface area contributed by atoms with Crippen molar-refractivity contribution in [2.75, 3.05) is 39.4 Å². The molecule has 0 aromatic carbocycles. The summed E-state index contributed by atoms with van der Waals surface area (Å²) >= 11 is 1.75. The van der Waals surface area contributed by atoms with Crippen molar-refractivity contribution in [1.82, 2.24) is 10.2 Å². The second-order valence-corrected chi connectivity index (χ2v) is 7.49. The Labute approximate surface area is 136 Å². The van der Waals surface area contributed by atoms with Crippen LogP contribution in [-0.4, -0.2) is 50.2 Å². The lowest BCUT2D eigenvalue weighted by Crippen LogP contribution is -2.38. The molecule has 2 aliphatic rings. The van der Waals surface area contributed by atoms with Gasteiger partial charge in [0, 0.05) is 30.9 Å². The second-order valence-electron chi connectivity index (χ2n) is 6.46. The molecule has 3 atom stereocenters. The van der Waals surface area contributed by atoms with Crippen molar-refractivity contribution in [2.24, 2.45) is 17.8 Å². The number of nitrogens with zero attached hydrogens (tertiary/aromatic N) is 1. The van der Waals surface area contributed by atoms with Gasteiger partial charge in [-0.1, -0.05) is 13.0 Å². The summed E-state index contributed by atoms with van der Waals surface area (Å²) in [5, 5.41) is 5.15. The largest absolute Gasteiger partial charge is 0.381 e. The van der Waals surface area contributed by atoms with Crippen LogP contribution in [0.5, 0.6) is 0 Å². The summed E-state index contributed by atoms with van der Waals surface area (Å²) in [7, 11) is 0. The number of amides is 1. The van der Waals surface area contributed by atoms with Crippen LogP contribution >= 0.6 is 11.3 Å². The summed E-state index contributed by atoms with van der Waals surface area (Å²) in [4.78, 5) is 16.0. The Morgan fingerprint density at radius 1 is 1.45 bits per heavy atom. The normalized spacial score (nSPS) is 28.5. The first-order chi connectivity index (χ1) is 10.8. The van der Waals surface area contributed by atoms with E-state index in [0.717, 1.165) is 45.8 Å². The molecule has 0 unspecified atom stereocenters. The van der Waals surface area contributed by atoms with Crippen LogP contribution in [0.3, 0.4) is 0 Å². The summed E-state index contributed by atoms with van der Waals surface area (Å²) in [6.07, 6.45) is 1.55. The van der Waals surface area contributed by atoms with Crippen molar-refractivity contribution >= 4 is 17.2 Å². The topological polar surface area (TPSA) is 41.6 Å². The molecule has 4 nitrogen and oxygen atoms in total. The summed E-state index contributed by atoms with van der Waals surface area (Å²) < 4.78 is 5.75. The van der Waals surface area contributed by atoms with Gasteiger partial charge in [0.15, 0.2) is 0 Å². The van der Waals surface area contributed by atoms with Crippen LogP contribution in [0.25, 0.3) is 0 Å². The molecule has 122 valence electrons. The van der Waals surface area contributed by atoms with Gasteiger partial charge in [-0.25, -0.2) is 0 Å². The number of likely N-dealkylation sites (tertiary alicyclic amines) is 1. The first-order valence-electron chi connectivity index (χ1n) is 8.35. The number of rotatable bonds is 6. The van der Waals surface area contributed by atoms with E-state index in [0.29, 0.717) is 24.2 Å². The predicted octanol–water partition coefficient (Wildman–Crippen LogP) is 2.01. The molecule has 1 amide bonds. The third-order valence-electron chi connectivity index (χ3n) is 5.01. The molecule has 5 heteroatoms. The summed E-state index contributed by atoms with van der Waals surface area (Å²) in [5.41, 5.74) is 0.